The van der Waals surface area contributed by atoms with E-state index in [2.05, 4.69) is 132 Å². The van der Waals surface area contributed by atoms with Crippen molar-refractivity contribution in [3.63, 3.8) is 0 Å². The Hall–Kier alpha value is -13.8. The number of alkyl halides is 4. The summed E-state index contributed by atoms with van der Waals surface area (Å²) >= 11 is 0. The number of nitrogens with zero attached hydrogens (tertiary/aromatic N) is 23. The summed E-state index contributed by atoms with van der Waals surface area (Å²) < 4.78 is 156. The topological polar surface area (TPSA) is 395 Å². The summed E-state index contributed by atoms with van der Waals surface area (Å²) in [6, 6.07) is 60.1. The zero-order chi connectivity index (χ0) is 106. The number of nitrogens with one attached hydrogen (secondary N) is 1. The van der Waals surface area contributed by atoms with Crippen molar-refractivity contribution in [3.8, 4) is 33.9 Å². The maximum Gasteiger partial charge on any atom is 0.351 e. The number of hydrogen-bond acceptors (Lipinski definition) is 28. The summed E-state index contributed by atoms with van der Waals surface area (Å²) in [4.78, 5) is 52.4. The third-order valence-electron chi connectivity index (χ3n) is 24.8. The van der Waals surface area contributed by atoms with Crippen LogP contribution in [-0.2, 0) is 69.6 Å². The molecular weight excluding hydrogens is 1980 g/mol. The van der Waals surface area contributed by atoms with Crippen molar-refractivity contribution >= 4 is 48.8 Å². The average Bonchev–Trinajstić information content (AvgIpc) is 1.73. The van der Waals surface area contributed by atoms with Crippen LogP contribution < -0.4 is 31.0 Å². The van der Waals surface area contributed by atoms with Gasteiger partial charge in [0.05, 0.1) is 81.0 Å². The Bertz CT molecular complexity index is 6730. The fraction of sp³-hybridized carbons (Fsp3) is 0.340. The molecule has 2 fully saturated rings. The molecule has 0 aliphatic carbocycles. The lowest BCUT2D eigenvalue weighted by molar-refractivity contribution is -0.207. The smallest absolute Gasteiger partial charge is 0.351 e. The van der Waals surface area contributed by atoms with E-state index < -0.39 is 119 Å². The van der Waals surface area contributed by atoms with Gasteiger partial charge < -0.3 is 54.2 Å². The van der Waals surface area contributed by atoms with Gasteiger partial charge in [-0.3, -0.25) is 24.4 Å². The molecular formula is C103H121F8N24O10P3. The van der Waals surface area contributed by atoms with Gasteiger partial charge in [0.1, 0.15) is 71.6 Å². The summed E-state index contributed by atoms with van der Waals surface area (Å²) in [5, 5.41) is 84.8. The van der Waals surface area contributed by atoms with Crippen molar-refractivity contribution in [1.29, 1.82) is 5.16 Å². The third-order valence-corrected chi connectivity index (χ3v) is 27.3. The first-order chi connectivity index (χ1) is 70.5. The number of benzene rings is 7. The van der Waals surface area contributed by atoms with Crippen LogP contribution in [0.1, 0.15) is 127 Å². The van der Waals surface area contributed by atoms with Crippen LogP contribution in [0.15, 0.2) is 284 Å². The number of hydrogen-bond donors (Lipinski definition) is 6. The minimum Gasteiger partial charge on any atom is -0.392 e. The number of aromatic nitrogens is 18. The molecule has 0 amide bonds. The number of pyridine rings is 4. The molecule has 6 N–H and O–H groups in total. The minimum absolute atomic E-state index is 0. The Labute approximate surface area is 855 Å². The molecule has 8 aromatic heterocycles. The first-order valence-corrected chi connectivity index (χ1v) is 50.1. The van der Waals surface area contributed by atoms with Crippen molar-refractivity contribution < 1.29 is 74.3 Å². The van der Waals surface area contributed by atoms with E-state index >= 15 is 17.6 Å². The number of anilines is 4. The van der Waals surface area contributed by atoms with Crippen LogP contribution in [0.25, 0.3) is 33.9 Å². The molecule has 8 atom stereocenters. The molecule has 2 aliphatic rings. The third kappa shape index (κ3) is 28.4. The molecule has 0 spiro atoms. The second kappa shape index (κ2) is 52.7. The van der Waals surface area contributed by atoms with Crippen LogP contribution in [0.4, 0.5) is 57.9 Å². The fourth-order valence-corrected chi connectivity index (χ4v) is 17.8. The van der Waals surface area contributed by atoms with Gasteiger partial charge in [-0.25, -0.2) is 65.0 Å². The van der Waals surface area contributed by atoms with E-state index in [0.717, 1.165) is 111 Å². The van der Waals surface area contributed by atoms with Crippen LogP contribution in [0.2, 0.25) is 0 Å². The van der Waals surface area contributed by atoms with Crippen molar-refractivity contribution in [2.24, 2.45) is 0 Å². The lowest BCUT2D eigenvalue weighted by atomic mass is 9.84. The van der Waals surface area contributed by atoms with Gasteiger partial charge in [0, 0.05) is 129 Å². The Morgan fingerprint density at radius 1 is 0.466 bits per heavy atom. The van der Waals surface area contributed by atoms with Crippen LogP contribution in [-0.4, -0.2) is 203 Å². The highest BCUT2D eigenvalue weighted by Crippen LogP contribution is 2.51. The van der Waals surface area contributed by atoms with Crippen LogP contribution in [0, 0.1) is 28.4 Å². The van der Waals surface area contributed by atoms with E-state index in [1.165, 1.54) is 62.3 Å². The normalized spacial score (nSPS) is 14.7. The van der Waals surface area contributed by atoms with Gasteiger partial charge in [-0.2, -0.15) is 27.8 Å². The highest BCUT2D eigenvalue weighted by atomic mass is 31.2. The maximum absolute atomic E-state index is 16.2. The average molecular weight is 2100 g/mol. The molecule has 0 bridgehead atoms. The Morgan fingerprint density at radius 2 is 0.818 bits per heavy atom. The molecule has 7 aromatic carbocycles. The van der Waals surface area contributed by atoms with Gasteiger partial charge in [-0.15, -0.1) is 10.2 Å². The Balaban J connectivity index is 0.000000226. The molecule has 2 aliphatic heterocycles. The van der Waals surface area contributed by atoms with Crippen LogP contribution in [0.3, 0.4) is 0 Å². The quantitative estimate of drug-likeness (QED) is 0.0164. The molecule has 0 radical (unpaired) electrons. The van der Waals surface area contributed by atoms with Crippen molar-refractivity contribution in [2.45, 2.75) is 168 Å². The monoisotopic (exact) mass is 2100 g/mol. The molecule has 2 saturated heterocycles. The van der Waals surface area contributed by atoms with Gasteiger partial charge in [0.25, 0.3) is 0 Å². The highest BCUT2D eigenvalue weighted by molar-refractivity contribution is 7.52. The van der Waals surface area contributed by atoms with E-state index in [9.17, 15) is 47.0 Å². The summed E-state index contributed by atoms with van der Waals surface area (Å²) in [6.07, 6.45) is 10.4. The van der Waals surface area contributed by atoms with Gasteiger partial charge in [-0.1, -0.05) is 158 Å². The predicted octanol–water partition coefficient (Wildman–Crippen LogP) is 17.0. The summed E-state index contributed by atoms with van der Waals surface area (Å²) in [5.41, 5.74) is -1.64. The Morgan fingerprint density at radius 3 is 1.11 bits per heavy atom. The number of rotatable bonds is 33. The lowest BCUT2D eigenvalue weighted by Crippen LogP contribution is -2.48. The number of aliphatic hydroxyl groups is 5. The SMILES string of the molecule is C.CC(C)N(P)C(C)C.CC[C@@H]([C@H](C)O)n1ncn(-c2ccc(N3CCN(c4ccc(-c5ccc(C(F)(F)[C@](O)(Cn6cnnn6)c6ccc(F)cc6F)nc5)cc4)CC3)cn2)c1=O.CC[C@@H]([C@H](C)OP(C)(=O)OCc1ccccc1)n1ncn(-c2ccc(N3CCN(c4ccc(-c5ccc(C(F)(F)[C@](O)(Cn6cnnn6)c6ccc(F)cc6F)nc5)cc4)CC3)cn2)c1=O.N=P.OCc1ccccc1.OCc1ccccc1. The zero-order valence-corrected chi connectivity index (χ0v) is 85.2. The molecule has 17 rings (SSSR count). The largest absolute Gasteiger partial charge is 0.392 e. The van der Waals surface area contributed by atoms with E-state index in [0.29, 0.717) is 110 Å². The highest BCUT2D eigenvalue weighted by Gasteiger charge is 2.59. The number of aliphatic hydroxyl groups excluding tert-OH is 3. The first-order valence-electron chi connectivity index (χ1n) is 47.1. The Kier molecular flexibility index (Phi) is 40.8. The molecule has 34 nitrogen and oxygen atoms in total. The van der Waals surface area contributed by atoms with Gasteiger partial charge in [-0.05, 0) is 197 Å². The van der Waals surface area contributed by atoms with Crippen LogP contribution >= 0.6 is 26.0 Å². The second-order valence-corrected chi connectivity index (χ2v) is 37.8. The van der Waals surface area contributed by atoms with Gasteiger partial charge in [0.15, 0.2) is 11.2 Å². The first kappa shape index (κ1) is 115. The van der Waals surface area contributed by atoms with E-state index in [1.54, 1.807) is 38.4 Å². The van der Waals surface area contributed by atoms with E-state index in [4.69, 9.17) is 24.4 Å². The standard InChI is InChI=1S/C45H46F4N11O5P.C37H37F4N11O3.2C7H8O.C6H16NP.CH4.H2NP/c1-4-40(31(2)65-66(3,63)64-27-32-8-6-5-7-9-32)60-43(61)59(30-53-60)42-19-16-37(26-51-42)57-22-20-56(21-23-57)36-14-10-33(11-15-36)34-12-18-41(50-25-34)45(48,49)44(62,28-58-29-52-54-55-58)38-17-13-35(46)24-39(38)47;1-3-32(24(2)53)52-35(54)51(23-45-52)34-13-10-29(20-43-34)49-16-14-48(15-17-49)28-8-4-25(5-9-28)26-6-12-33(42-19-26)37(40,41)36(55,21-50-22-44-46-47-50)30-11-7-27(38)18-31(30)39;2*8-6-7-4-2-1-3-5-7;1-5(2)7(8)6(3)4;;1-2/h5-19,24-26,29-31,40,62H,4,20-23,27-28H2,1-3H3;4-13,18-20,22-24,32,53,55H,3,14-17,21H2,1-2H3;2*1-5,8H,6H2;5-6H,8H2,1-4H3;1H4;1-2H/t31-,40-,44-,66?;24-,32-,36-;;;;;/m00...../s1. The maximum atomic E-state index is 16.2. The van der Waals surface area contributed by atoms with Crippen molar-refractivity contribution in [1.82, 2.24) is 93.7 Å². The number of tetrazole rings is 2. The van der Waals surface area contributed by atoms with E-state index in [-0.39, 0.29) is 32.9 Å². The fourth-order valence-electron chi connectivity index (χ4n) is 16.6. The molecule has 784 valence electrons. The summed E-state index contributed by atoms with van der Waals surface area (Å²) in [5.74, 6) is -12.2. The van der Waals surface area contributed by atoms with Gasteiger partial charge in [0.2, 0.25) is 0 Å². The molecule has 148 heavy (non-hydrogen) atoms. The van der Waals surface area contributed by atoms with Crippen molar-refractivity contribution in [3.05, 3.63) is 358 Å². The van der Waals surface area contributed by atoms with Gasteiger partial charge >= 0.3 is 30.8 Å². The zero-order valence-electron chi connectivity index (χ0n) is 82.2. The molecule has 15 aromatic rings. The molecule has 0 saturated carbocycles. The number of piperazine rings is 2. The minimum atomic E-state index is -4.18. The van der Waals surface area contributed by atoms with E-state index in [1.807, 2.05) is 166 Å². The summed E-state index contributed by atoms with van der Waals surface area (Å²) in [6.45, 7) is 21.5. The summed E-state index contributed by atoms with van der Waals surface area (Å²) in [7, 11) is 1.48. The van der Waals surface area contributed by atoms with Crippen LogP contribution in [0.5, 0.6) is 0 Å². The number of halogens is 8. The lowest BCUT2D eigenvalue weighted by Gasteiger charge is -2.37. The molecule has 45 heteroatoms. The predicted molar refractivity (Wildman–Crippen MR) is 553 cm³/mol. The van der Waals surface area contributed by atoms with Crippen molar-refractivity contribution in [2.75, 3.05) is 78.6 Å². The molecule has 10 heterocycles. The molecule has 2 unspecified atom stereocenters. The second-order valence-electron chi connectivity index (χ2n) is 35.2.